The summed E-state index contributed by atoms with van der Waals surface area (Å²) in [5.41, 5.74) is 0. The summed E-state index contributed by atoms with van der Waals surface area (Å²) in [7, 11) is 1.67. The van der Waals surface area contributed by atoms with Crippen LogP contribution in [-0.4, -0.2) is 41.8 Å². The molecule has 0 saturated carbocycles. The van der Waals surface area contributed by atoms with Gasteiger partial charge in [-0.2, -0.15) is 5.26 Å². The summed E-state index contributed by atoms with van der Waals surface area (Å²) >= 11 is 0. The highest BCUT2D eigenvalue weighted by molar-refractivity contribution is 5.89. The summed E-state index contributed by atoms with van der Waals surface area (Å²) in [5, 5.41) is 8.53. The molecule has 0 N–H and O–H groups in total. The largest absolute Gasteiger partial charge is 0.467 e. The highest BCUT2D eigenvalue weighted by Gasteiger charge is 2.35. The summed E-state index contributed by atoms with van der Waals surface area (Å²) in [4.78, 5) is 27.2. The first-order valence-electron chi connectivity index (χ1n) is 6.54. The van der Waals surface area contributed by atoms with E-state index < -0.39 is 0 Å². The molecule has 1 aromatic heterocycles. The number of furan rings is 1. The normalized spacial score (nSPS) is 18.1. The SMILES string of the molecule is CN(CCC#N)C(=O)[C@@H]1CC(=O)N(Cc2ccco2)C1. The van der Waals surface area contributed by atoms with Gasteiger partial charge in [-0.15, -0.1) is 0 Å². The van der Waals surface area contributed by atoms with Crippen LogP contribution in [0.3, 0.4) is 0 Å². The van der Waals surface area contributed by atoms with E-state index in [1.807, 2.05) is 12.1 Å². The monoisotopic (exact) mass is 275 g/mol. The molecule has 0 radical (unpaired) electrons. The average molecular weight is 275 g/mol. The van der Waals surface area contributed by atoms with Gasteiger partial charge in [0.25, 0.3) is 0 Å². The molecule has 0 bridgehead atoms. The topological polar surface area (TPSA) is 77.5 Å². The molecule has 106 valence electrons. The zero-order valence-electron chi connectivity index (χ0n) is 11.4. The number of carbonyl (C=O) groups excluding carboxylic acids is 2. The van der Waals surface area contributed by atoms with Gasteiger partial charge >= 0.3 is 0 Å². The van der Waals surface area contributed by atoms with Crippen LogP contribution in [0.15, 0.2) is 22.8 Å². The van der Waals surface area contributed by atoms with E-state index >= 15 is 0 Å². The number of amides is 2. The van der Waals surface area contributed by atoms with Crippen molar-refractivity contribution in [3.63, 3.8) is 0 Å². The first-order chi connectivity index (χ1) is 9.61. The van der Waals surface area contributed by atoms with Gasteiger partial charge in [0.1, 0.15) is 5.76 Å². The predicted molar refractivity (Wildman–Crippen MR) is 70.1 cm³/mol. The third kappa shape index (κ3) is 3.18. The number of nitriles is 1. The summed E-state index contributed by atoms with van der Waals surface area (Å²) in [5.74, 6) is 0.286. The lowest BCUT2D eigenvalue weighted by Gasteiger charge is -2.20. The van der Waals surface area contributed by atoms with E-state index in [9.17, 15) is 9.59 Å². The standard InChI is InChI=1S/C14H17N3O3/c1-16(6-3-5-15)14(19)11-8-13(18)17(9-11)10-12-4-2-7-20-12/h2,4,7,11H,3,6,8-10H2,1H3/t11-/m1/s1. The van der Waals surface area contributed by atoms with Crippen molar-refractivity contribution in [3.8, 4) is 6.07 Å². The molecule has 1 aliphatic heterocycles. The molecule has 6 nitrogen and oxygen atoms in total. The van der Waals surface area contributed by atoms with E-state index in [4.69, 9.17) is 9.68 Å². The Hall–Kier alpha value is -2.29. The Kier molecular flexibility index (Phi) is 4.41. The molecule has 2 amide bonds. The summed E-state index contributed by atoms with van der Waals surface area (Å²) in [6.07, 6.45) is 2.10. The molecule has 1 aliphatic rings. The number of likely N-dealkylation sites (tertiary alicyclic amines) is 1. The van der Waals surface area contributed by atoms with Crippen LogP contribution in [0.25, 0.3) is 0 Å². The van der Waals surface area contributed by atoms with E-state index in [2.05, 4.69) is 0 Å². The maximum Gasteiger partial charge on any atom is 0.227 e. The second-order valence-electron chi connectivity index (χ2n) is 4.92. The molecule has 0 aromatic carbocycles. The molecule has 0 aliphatic carbocycles. The lowest BCUT2D eigenvalue weighted by molar-refractivity contribution is -0.134. The molecule has 1 aromatic rings. The smallest absolute Gasteiger partial charge is 0.227 e. The van der Waals surface area contributed by atoms with E-state index in [1.165, 1.54) is 4.90 Å². The molecule has 0 unspecified atom stereocenters. The van der Waals surface area contributed by atoms with Crippen LogP contribution in [0.4, 0.5) is 0 Å². The van der Waals surface area contributed by atoms with Crippen LogP contribution in [-0.2, 0) is 16.1 Å². The van der Waals surface area contributed by atoms with E-state index in [-0.39, 0.29) is 24.2 Å². The molecule has 2 heterocycles. The third-order valence-corrected chi connectivity index (χ3v) is 3.43. The molecule has 1 fully saturated rings. The predicted octanol–water partition coefficient (Wildman–Crippen LogP) is 1.00. The summed E-state index contributed by atoms with van der Waals surface area (Å²) in [6.45, 7) is 1.21. The Morgan fingerprint density at radius 1 is 1.65 bits per heavy atom. The van der Waals surface area contributed by atoms with Crippen molar-refractivity contribution < 1.29 is 14.0 Å². The number of hydrogen-bond acceptors (Lipinski definition) is 4. The Morgan fingerprint density at radius 2 is 2.45 bits per heavy atom. The fourth-order valence-corrected chi connectivity index (χ4v) is 2.32. The van der Waals surface area contributed by atoms with Gasteiger partial charge in [0, 0.05) is 26.6 Å². The molecule has 1 saturated heterocycles. The van der Waals surface area contributed by atoms with Crippen molar-refractivity contribution in [2.75, 3.05) is 20.1 Å². The highest BCUT2D eigenvalue weighted by Crippen LogP contribution is 2.22. The molecule has 0 spiro atoms. The quantitative estimate of drug-likeness (QED) is 0.803. The minimum absolute atomic E-state index is 0.0339. The molecule has 2 rings (SSSR count). The molecular weight excluding hydrogens is 258 g/mol. The minimum atomic E-state index is -0.318. The zero-order chi connectivity index (χ0) is 14.5. The first kappa shape index (κ1) is 14.1. The van der Waals surface area contributed by atoms with Gasteiger partial charge in [0.05, 0.1) is 31.2 Å². The first-order valence-corrected chi connectivity index (χ1v) is 6.54. The van der Waals surface area contributed by atoms with E-state index in [1.54, 1.807) is 24.3 Å². The zero-order valence-corrected chi connectivity index (χ0v) is 11.4. The van der Waals surface area contributed by atoms with Gasteiger partial charge in [-0.25, -0.2) is 0 Å². The second-order valence-corrected chi connectivity index (χ2v) is 4.92. The number of nitrogens with zero attached hydrogens (tertiary/aromatic N) is 3. The van der Waals surface area contributed by atoms with E-state index in [0.29, 0.717) is 31.8 Å². The lowest BCUT2D eigenvalue weighted by atomic mass is 10.1. The van der Waals surface area contributed by atoms with Gasteiger partial charge in [0.15, 0.2) is 0 Å². The maximum absolute atomic E-state index is 12.2. The minimum Gasteiger partial charge on any atom is -0.467 e. The Bertz CT molecular complexity index is 518. The van der Waals surface area contributed by atoms with Crippen molar-refractivity contribution in [1.82, 2.24) is 9.80 Å². The van der Waals surface area contributed by atoms with Crippen molar-refractivity contribution in [1.29, 1.82) is 5.26 Å². The fourth-order valence-electron chi connectivity index (χ4n) is 2.32. The number of hydrogen-bond donors (Lipinski definition) is 0. The molecule has 1 atom stereocenters. The van der Waals surface area contributed by atoms with Gasteiger partial charge in [-0.05, 0) is 12.1 Å². The van der Waals surface area contributed by atoms with Crippen LogP contribution in [0.1, 0.15) is 18.6 Å². The Morgan fingerprint density at radius 3 is 3.10 bits per heavy atom. The van der Waals surface area contributed by atoms with Crippen LogP contribution < -0.4 is 0 Å². The highest BCUT2D eigenvalue weighted by atomic mass is 16.3. The lowest BCUT2D eigenvalue weighted by Crippen LogP contribution is -2.35. The molecule has 20 heavy (non-hydrogen) atoms. The van der Waals surface area contributed by atoms with Gasteiger partial charge in [-0.3, -0.25) is 9.59 Å². The van der Waals surface area contributed by atoms with Crippen LogP contribution in [0.2, 0.25) is 0 Å². The van der Waals surface area contributed by atoms with Crippen LogP contribution >= 0.6 is 0 Å². The van der Waals surface area contributed by atoms with Crippen molar-refractivity contribution in [3.05, 3.63) is 24.2 Å². The van der Waals surface area contributed by atoms with Crippen molar-refractivity contribution >= 4 is 11.8 Å². The number of carbonyl (C=O) groups is 2. The average Bonchev–Trinajstić information content (AvgIpc) is 3.06. The third-order valence-electron chi connectivity index (χ3n) is 3.43. The van der Waals surface area contributed by atoms with Crippen molar-refractivity contribution in [2.45, 2.75) is 19.4 Å². The van der Waals surface area contributed by atoms with Gasteiger partial charge in [-0.1, -0.05) is 0 Å². The summed E-state index contributed by atoms with van der Waals surface area (Å²) < 4.78 is 5.21. The van der Waals surface area contributed by atoms with Crippen molar-refractivity contribution in [2.24, 2.45) is 5.92 Å². The van der Waals surface area contributed by atoms with Gasteiger partial charge < -0.3 is 14.2 Å². The van der Waals surface area contributed by atoms with Gasteiger partial charge in [0.2, 0.25) is 11.8 Å². The molecular formula is C14H17N3O3. The number of rotatable bonds is 5. The Labute approximate surface area is 117 Å². The second kappa shape index (κ2) is 6.24. The van der Waals surface area contributed by atoms with Crippen LogP contribution in [0, 0.1) is 17.2 Å². The van der Waals surface area contributed by atoms with E-state index in [0.717, 1.165) is 0 Å². The summed E-state index contributed by atoms with van der Waals surface area (Å²) in [6, 6.07) is 5.59. The van der Waals surface area contributed by atoms with Crippen LogP contribution in [0.5, 0.6) is 0 Å². The molecule has 6 heteroatoms. The fraction of sp³-hybridized carbons (Fsp3) is 0.500. The maximum atomic E-state index is 12.2. The Balaban J connectivity index is 1.91.